The van der Waals surface area contributed by atoms with Crippen molar-refractivity contribution in [2.75, 3.05) is 13.7 Å². The number of aromatic nitrogens is 2. The van der Waals surface area contributed by atoms with E-state index in [1.165, 1.54) is 12.1 Å². The maximum atomic E-state index is 13.8. The zero-order valence-corrected chi connectivity index (χ0v) is 13.7. The van der Waals surface area contributed by atoms with Crippen molar-refractivity contribution in [3.05, 3.63) is 51.0 Å². The summed E-state index contributed by atoms with van der Waals surface area (Å²) >= 11 is 9.34. The predicted octanol–water partition coefficient (Wildman–Crippen LogP) is 3.36. The summed E-state index contributed by atoms with van der Waals surface area (Å²) in [5.41, 5.74) is 0.865. The summed E-state index contributed by atoms with van der Waals surface area (Å²) in [4.78, 5) is 0. The first-order valence-electron chi connectivity index (χ1n) is 6.35. The molecule has 21 heavy (non-hydrogen) atoms. The van der Waals surface area contributed by atoms with E-state index in [-0.39, 0.29) is 12.0 Å². The van der Waals surface area contributed by atoms with Crippen LogP contribution in [0.5, 0.6) is 0 Å². The maximum Gasteiger partial charge on any atom is 0.127 e. The molecule has 2 rings (SSSR count). The van der Waals surface area contributed by atoms with Gasteiger partial charge < -0.3 is 9.84 Å². The van der Waals surface area contributed by atoms with Crippen LogP contribution in [0.4, 0.5) is 4.39 Å². The number of nitrogens with zero attached hydrogens (tertiary/aromatic N) is 2. The van der Waals surface area contributed by atoms with Gasteiger partial charge >= 0.3 is 0 Å². The first-order valence-corrected chi connectivity index (χ1v) is 7.52. The quantitative estimate of drug-likeness (QED) is 0.840. The lowest BCUT2D eigenvalue weighted by Gasteiger charge is -2.15. The van der Waals surface area contributed by atoms with Crippen LogP contribution in [0.1, 0.15) is 17.4 Å². The standard InChI is InChI=1S/C14H15BrClFN2O2/c1-21-6-5-19-14(10(15)8-18-19)13(20)7-9-11(16)3-2-4-12(9)17/h2-4,8,13,20H,5-7H2,1H3. The number of halogens is 3. The van der Waals surface area contributed by atoms with Gasteiger partial charge in [-0.1, -0.05) is 17.7 Å². The first-order chi connectivity index (χ1) is 10.0. The first kappa shape index (κ1) is 16.4. The van der Waals surface area contributed by atoms with Crippen molar-refractivity contribution in [3.8, 4) is 0 Å². The Morgan fingerprint density at radius 1 is 1.52 bits per heavy atom. The lowest BCUT2D eigenvalue weighted by molar-refractivity contribution is 0.152. The van der Waals surface area contributed by atoms with E-state index in [0.717, 1.165) is 0 Å². The Bertz CT molecular complexity index is 601. The van der Waals surface area contributed by atoms with E-state index in [1.807, 2.05) is 0 Å². The zero-order chi connectivity index (χ0) is 15.4. The molecule has 0 radical (unpaired) electrons. The molecule has 1 atom stereocenters. The Kier molecular flexibility index (Phi) is 5.75. The van der Waals surface area contributed by atoms with Crippen molar-refractivity contribution >= 4 is 27.5 Å². The summed E-state index contributed by atoms with van der Waals surface area (Å²) in [5, 5.41) is 14.9. The lowest BCUT2D eigenvalue weighted by atomic mass is 10.0. The molecule has 114 valence electrons. The van der Waals surface area contributed by atoms with Gasteiger partial charge in [0.25, 0.3) is 0 Å². The average Bonchev–Trinajstić information content (AvgIpc) is 2.81. The van der Waals surface area contributed by atoms with E-state index in [2.05, 4.69) is 21.0 Å². The number of hydrogen-bond donors (Lipinski definition) is 1. The Labute approximate surface area is 135 Å². The lowest BCUT2D eigenvalue weighted by Crippen LogP contribution is -2.15. The Hall–Kier alpha value is -0.950. The number of methoxy groups -OCH3 is 1. The molecule has 1 N–H and O–H groups in total. The van der Waals surface area contributed by atoms with Gasteiger partial charge in [-0.25, -0.2) is 4.39 Å². The molecule has 1 unspecified atom stereocenters. The van der Waals surface area contributed by atoms with Crippen LogP contribution in [-0.2, 0) is 17.7 Å². The largest absolute Gasteiger partial charge is 0.386 e. The van der Waals surface area contributed by atoms with Crippen LogP contribution in [0.2, 0.25) is 5.02 Å². The van der Waals surface area contributed by atoms with Gasteiger partial charge in [0, 0.05) is 24.1 Å². The van der Waals surface area contributed by atoms with E-state index in [1.54, 1.807) is 24.1 Å². The molecule has 0 amide bonds. The Morgan fingerprint density at radius 2 is 2.29 bits per heavy atom. The minimum atomic E-state index is -0.923. The molecule has 0 fully saturated rings. The second kappa shape index (κ2) is 7.35. The Morgan fingerprint density at radius 3 is 2.95 bits per heavy atom. The van der Waals surface area contributed by atoms with Crippen LogP contribution in [-0.4, -0.2) is 28.6 Å². The van der Waals surface area contributed by atoms with Gasteiger partial charge in [0.1, 0.15) is 11.9 Å². The molecule has 1 aromatic carbocycles. The third-order valence-corrected chi connectivity index (χ3v) is 4.08. The van der Waals surface area contributed by atoms with Gasteiger partial charge in [-0.15, -0.1) is 0 Å². The van der Waals surface area contributed by atoms with Gasteiger partial charge in [-0.2, -0.15) is 5.10 Å². The zero-order valence-electron chi connectivity index (χ0n) is 11.4. The van der Waals surface area contributed by atoms with E-state index >= 15 is 0 Å². The fourth-order valence-corrected chi connectivity index (χ4v) is 2.88. The Balaban J connectivity index is 2.24. The molecule has 1 aromatic heterocycles. The average molecular weight is 378 g/mol. The van der Waals surface area contributed by atoms with Crippen molar-refractivity contribution in [2.45, 2.75) is 19.1 Å². The van der Waals surface area contributed by atoms with Crippen molar-refractivity contribution < 1.29 is 14.2 Å². The summed E-state index contributed by atoms with van der Waals surface area (Å²) in [6, 6.07) is 4.46. The van der Waals surface area contributed by atoms with Crippen LogP contribution in [0, 0.1) is 5.82 Å². The molecule has 0 saturated heterocycles. The molecule has 0 bridgehead atoms. The van der Waals surface area contributed by atoms with Gasteiger partial charge in [0.05, 0.1) is 29.5 Å². The summed E-state index contributed by atoms with van der Waals surface area (Å²) in [5.74, 6) is -0.430. The number of hydrogen-bond acceptors (Lipinski definition) is 3. The normalized spacial score (nSPS) is 12.6. The third kappa shape index (κ3) is 3.83. The molecule has 0 aliphatic rings. The monoisotopic (exact) mass is 376 g/mol. The predicted molar refractivity (Wildman–Crippen MR) is 81.9 cm³/mol. The van der Waals surface area contributed by atoms with Crippen LogP contribution in [0.25, 0.3) is 0 Å². The van der Waals surface area contributed by atoms with E-state index in [4.69, 9.17) is 16.3 Å². The number of aliphatic hydroxyl groups excluding tert-OH is 1. The third-order valence-electron chi connectivity index (χ3n) is 3.12. The highest BCUT2D eigenvalue weighted by Crippen LogP contribution is 2.29. The summed E-state index contributed by atoms with van der Waals surface area (Å²) < 4.78 is 21.1. The van der Waals surface area contributed by atoms with Gasteiger partial charge in [0.2, 0.25) is 0 Å². The van der Waals surface area contributed by atoms with Crippen molar-refractivity contribution in [1.29, 1.82) is 0 Å². The number of rotatable bonds is 6. The number of ether oxygens (including phenoxy) is 1. The minimum Gasteiger partial charge on any atom is -0.386 e. The number of benzene rings is 1. The number of aliphatic hydroxyl groups is 1. The summed E-state index contributed by atoms with van der Waals surface area (Å²) in [6.07, 6.45) is 0.744. The molecule has 1 heterocycles. The molecular formula is C14H15BrClFN2O2. The topological polar surface area (TPSA) is 47.3 Å². The fourth-order valence-electron chi connectivity index (χ4n) is 2.08. The van der Waals surface area contributed by atoms with Gasteiger partial charge in [-0.3, -0.25) is 4.68 Å². The highest BCUT2D eigenvalue weighted by Gasteiger charge is 2.21. The molecule has 0 aliphatic heterocycles. The second-order valence-electron chi connectivity index (χ2n) is 4.51. The molecule has 0 spiro atoms. The fraction of sp³-hybridized carbons (Fsp3) is 0.357. The molecule has 0 aliphatic carbocycles. The van der Waals surface area contributed by atoms with E-state index in [0.29, 0.717) is 28.3 Å². The van der Waals surface area contributed by atoms with Crippen LogP contribution in [0.15, 0.2) is 28.9 Å². The molecule has 7 heteroatoms. The van der Waals surface area contributed by atoms with Crippen LogP contribution < -0.4 is 0 Å². The highest BCUT2D eigenvalue weighted by atomic mass is 79.9. The summed E-state index contributed by atoms with van der Waals surface area (Å²) in [7, 11) is 1.59. The van der Waals surface area contributed by atoms with Gasteiger partial charge in [-0.05, 0) is 28.1 Å². The molecule has 0 saturated carbocycles. The SMILES string of the molecule is COCCn1ncc(Br)c1C(O)Cc1c(F)cccc1Cl. The van der Waals surface area contributed by atoms with E-state index in [9.17, 15) is 9.50 Å². The van der Waals surface area contributed by atoms with Crippen molar-refractivity contribution in [3.63, 3.8) is 0 Å². The molecule has 2 aromatic rings. The minimum absolute atomic E-state index is 0.0722. The smallest absolute Gasteiger partial charge is 0.127 e. The maximum absolute atomic E-state index is 13.8. The van der Waals surface area contributed by atoms with Crippen molar-refractivity contribution in [2.24, 2.45) is 0 Å². The van der Waals surface area contributed by atoms with Gasteiger partial charge in [0.15, 0.2) is 0 Å². The molecular weight excluding hydrogens is 363 g/mol. The van der Waals surface area contributed by atoms with Crippen LogP contribution in [0.3, 0.4) is 0 Å². The second-order valence-corrected chi connectivity index (χ2v) is 5.78. The van der Waals surface area contributed by atoms with Crippen LogP contribution >= 0.6 is 27.5 Å². The highest BCUT2D eigenvalue weighted by molar-refractivity contribution is 9.10. The molecule has 4 nitrogen and oxygen atoms in total. The summed E-state index contributed by atoms with van der Waals surface area (Å²) in [6.45, 7) is 0.966. The van der Waals surface area contributed by atoms with Crippen molar-refractivity contribution in [1.82, 2.24) is 9.78 Å². The van der Waals surface area contributed by atoms with E-state index < -0.39 is 11.9 Å².